The van der Waals surface area contributed by atoms with E-state index in [4.69, 9.17) is 5.73 Å². The summed E-state index contributed by atoms with van der Waals surface area (Å²) in [5.74, 6) is 0.266. The van der Waals surface area contributed by atoms with E-state index in [2.05, 4.69) is 5.32 Å². The fourth-order valence-electron chi connectivity index (χ4n) is 2.08. The summed E-state index contributed by atoms with van der Waals surface area (Å²) in [6.07, 6.45) is 1.54. The maximum absolute atomic E-state index is 11.9. The summed E-state index contributed by atoms with van der Waals surface area (Å²) in [4.78, 5) is 0.492. The van der Waals surface area contributed by atoms with Crippen LogP contribution in [0, 0.1) is 0 Å². The Balaban J connectivity index is 2.23. The summed E-state index contributed by atoms with van der Waals surface area (Å²) >= 11 is 0. The van der Waals surface area contributed by atoms with Crippen LogP contribution < -0.4 is 11.1 Å². The van der Waals surface area contributed by atoms with Gasteiger partial charge in [-0.15, -0.1) is 0 Å². The smallest absolute Gasteiger partial charge is 0.178 e. The largest absolute Gasteiger partial charge is 0.383 e. The second-order valence-corrected chi connectivity index (χ2v) is 7.66. The Bertz CT molecular complexity index is 545. The van der Waals surface area contributed by atoms with Crippen LogP contribution in [0.25, 0.3) is 0 Å². The third-order valence-corrected chi connectivity index (χ3v) is 4.90. The Morgan fingerprint density at radius 3 is 2.78 bits per heavy atom. The molecule has 3 N–H and O–H groups in total. The number of hydrogen-bond donors (Lipinski definition) is 2. The molecule has 0 spiro atoms. The van der Waals surface area contributed by atoms with Crippen LogP contribution in [0.5, 0.6) is 0 Å². The van der Waals surface area contributed by atoms with E-state index in [0.717, 1.165) is 17.7 Å². The van der Waals surface area contributed by atoms with Gasteiger partial charge in [-0.3, -0.25) is 0 Å². The summed E-state index contributed by atoms with van der Waals surface area (Å²) in [6, 6.07) is 5.45. The maximum atomic E-state index is 11.9. The zero-order chi connectivity index (χ0) is 13.4. The molecule has 0 radical (unpaired) electrons. The fraction of sp³-hybridized carbons (Fsp3) is 0.538. The first-order chi connectivity index (χ1) is 8.28. The van der Waals surface area contributed by atoms with Gasteiger partial charge < -0.3 is 11.1 Å². The summed E-state index contributed by atoms with van der Waals surface area (Å²) in [7, 11) is -3.05. The van der Waals surface area contributed by atoms with Gasteiger partial charge in [0.15, 0.2) is 9.84 Å². The van der Waals surface area contributed by atoms with E-state index >= 15 is 0 Å². The number of benzene rings is 1. The van der Waals surface area contributed by atoms with Gasteiger partial charge in [0.1, 0.15) is 0 Å². The zero-order valence-corrected chi connectivity index (χ0v) is 11.7. The standard InChI is InChI=1S/C13H20N2O2S/c1-13(2,14)9-15-11-5-6-12-10(8-11)4-3-7-18(12,16)17/h5-6,8,15H,3-4,7,9,14H2,1-2H3. The quantitative estimate of drug-likeness (QED) is 0.872. The number of nitrogens with two attached hydrogens (primary N) is 1. The van der Waals surface area contributed by atoms with E-state index in [1.807, 2.05) is 26.0 Å². The average Bonchev–Trinajstić information content (AvgIpc) is 2.25. The van der Waals surface area contributed by atoms with E-state index in [1.165, 1.54) is 0 Å². The number of nitrogens with one attached hydrogen (secondary N) is 1. The molecule has 1 aliphatic rings. The van der Waals surface area contributed by atoms with E-state index < -0.39 is 9.84 Å². The first-order valence-corrected chi connectivity index (χ1v) is 7.82. The molecule has 0 saturated heterocycles. The van der Waals surface area contributed by atoms with Gasteiger partial charge in [-0.25, -0.2) is 8.42 Å². The second kappa shape index (κ2) is 4.55. The summed E-state index contributed by atoms with van der Waals surface area (Å²) < 4.78 is 23.7. The van der Waals surface area contributed by atoms with E-state index in [9.17, 15) is 8.42 Å². The number of hydrogen-bond acceptors (Lipinski definition) is 4. The molecule has 0 aromatic heterocycles. The molecule has 5 heteroatoms. The molecule has 0 bridgehead atoms. The van der Waals surface area contributed by atoms with Crippen molar-refractivity contribution in [3.05, 3.63) is 23.8 Å². The third-order valence-electron chi connectivity index (χ3n) is 3.00. The van der Waals surface area contributed by atoms with Crippen molar-refractivity contribution in [3.63, 3.8) is 0 Å². The number of anilines is 1. The van der Waals surface area contributed by atoms with Crippen LogP contribution in [0.3, 0.4) is 0 Å². The Hall–Kier alpha value is -1.07. The lowest BCUT2D eigenvalue weighted by atomic mass is 10.1. The van der Waals surface area contributed by atoms with Crippen molar-refractivity contribution >= 4 is 15.5 Å². The summed E-state index contributed by atoms with van der Waals surface area (Å²) in [6.45, 7) is 4.55. The SMILES string of the molecule is CC(C)(N)CNc1ccc2c(c1)CCCS2(=O)=O. The molecule has 0 amide bonds. The van der Waals surface area contributed by atoms with Crippen LogP contribution in [0.4, 0.5) is 5.69 Å². The van der Waals surface area contributed by atoms with Crippen LogP contribution in [0.2, 0.25) is 0 Å². The number of sulfone groups is 1. The molecular weight excluding hydrogens is 248 g/mol. The van der Waals surface area contributed by atoms with Gasteiger partial charge >= 0.3 is 0 Å². The lowest BCUT2D eigenvalue weighted by Gasteiger charge is -2.21. The highest BCUT2D eigenvalue weighted by atomic mass is 32.2. The number of aryl methyl sites for hydroxylation is 1. The van der Waals surface area contributed by atoms with Gasteiger partial charge in [0, 0.05) is 17.8 Å². The van der Waals surface area contributed by atoms with Crippen molar-refractivity contribution in [2.75, 3.05) is 17.6 Å². The first-order valence-electron chi connectivity index (χ1n) is 6.16. The summed E-state index contributed by atoms with van der Waals surface area (Å²) in [5.41, 5.74) is 7.47. The van der Waals surface area contributed by atoms with Gasteiger partial charge in [0.25, 0.3) is 0 Å². The van der Waals surface area contributed by atoms with E-state index in [0.29, 0.717) is 17.9 Å². The van der Waals surface area contributed by atoms with Gasteiger partial charge in [-0.2, -0.15) is 0 Å². The molecule has 1 aliphatic heterocycles. The molecule has 1 aromatic rings. The Labute approximate surface area is 108 Å². The average molecular weight is 268 g/mol. The second-order valence-electron chi connectivity index (χ2n) is 5.59. The van der Waals surface area contributed by atoms with Crippen LogP contribution in [-0.2, 0) is 16.3 Å². The van der Waals surface area contributed by atoms with Crippen LogP contribution in [0.1, 0.15) is 25.8 Å². The minimum Gasteiger partial charge on any atom is -0.383 e. The van der Waals surface area contributed by atoms with Crippen molar-refractivity contribution < 1.29 is 8.42 Å². The minimum absolute atomic E-state index is 0.266. The van der Waals surface area contributed by atoms with Crippen LogP contribution in [0.15, 0.2) is 23.1 Å². The van der Waals surface area contributed by atoms with Gasteiger partial charge in [0.2, 0.25) is 0 Å². The van der Waals surface area contributed by atoms with Gasteiger partial charge in [-0.05, 0) is 50.5 Å². The molecule has 4 nitrogen and oxygen atoms in total. The topological polar surface area (TPSA) is 72.2 Å². The predicted molar refractivity (Wildman–Crippen MR) is 73.6 cm³/mol. The minimum atomic E-state index is -3.05. The molecule has 18 heavy (non-hydrogen) atoms. The molecule has 0 atom stereocenters. The molecular formula is C13H20N2O2S. The van der Waals surface area contributed by atoms with Crippen molar-refractivity contribution in [2.24, 2.45) is 5.73 Å². The molecule has 0 saturated carbocycles. The molecule has 100 valence electrons. The maximum Gasteiger partial charge on any atom is 0.178 e. The molecule has 0 unspecified atom stereocenters. The Kier molecular flexibility index (Phi) is 3.38. The highest BCUT2D eigenvalue weighted by molar-refractivity contribution is 7.91. The molecule has 0 fully saturated rings. The van der Waals surface area contributed by atoms with E-state index in [-0.39, 0.29) is 11.3 Å². The van der Waals surface area contributed by atoms with Crippen molar-refractivity contribution in [1.82, 2.24) is 0 Å². The van der Waals surface area contributed by atoms with Gasteiger partial charge in [0.05, 0.1) is 10.6 Å². The first kappa shape index (κ1) is 13.4. The van der Waals surface area contributed by atoms with Crippen LogP contribution >= 0.6 is 0 Å². The molecule has 2 rings (SSSR count). The van der Waals surface area contributed by atoms with E-state index in [1.54, 1.807) is 6.07 Å². The van der Waals surface area contributed by atoms with Crippen molar-refractivity contribution in [1.29, 1.82) is 0 Å². The summed E-state index contributed by atoms with van der Waals surface area (Å²) in [5, 5.41) is 3.24. The van der Waals surface area contributed by atoms with Crippen molar-refractivity contribution in [3.8, 4) is 0 Å². The molecule has 1 heterocycles. The Morgan fingerprint density at radius 2 is 2.11 bits per heavy atom. The fourth-order valence-corrected chi connectivity index (χ4v) is 3.66. The number of fused-ring (bicyclic) bond motifs is 1. The third kappa shape index (κ3) is 3.03. The van der Waals surface area contributed by atoms with Crippen molar-refractivity contribution in [2.45, 2.75) is 37.1 Å². The van der Waals surface area contributed by atoms with Crippen LogP contribution in [-0.4, -0.2) is 26.3 Å². The highest BCUT2D eigenvalue weighted by Crippen LogP contribution is 2.27. The zero-order valence-electron chi connectivity index (χ0n) is 10.9. The normalized spacial score (nSPS) is 18.2. The lowest BCUT2D eigenvalue weighted by molar-refractivity contribution is 0.549. The number of rotatable bonds is 3. The lowest BCUT2D eigenvalue weighted by Crippen LogP contribution is -2.39. The monoisotopic (exact) mass is 268 g/mol. The molecule has 0 aliphatic carbocycles. The molecule has 1 aromatic carbocycles. The van der Waals surface area contributed by atoms with Gasteiger partial charge in [-0.1, -0.05) is 0 Å². The Morgan fingerprint density at radius 1 is 1.39 bits per heavy atom. The predicted octanol–water partition coefficient (Wildman–Crippen LogP) is 1.56. The highest BCUT2D eigenvalue weighted by Gasteiger charge is 2.23.